The third kappa shape index (κ3) is 4.62. The minimum atomic E-state index is 0.620. The van der Waals surface area contributed by atoms with Crippen LogP contribution in [0.15, 0.2) is 52.4 Å². The van der Waals surface area contributed by atoms with Crippen molar-refractivity contribution >= 4 is 11.9 Å². The lowest BCUT2D eigenvalue weighted by Gasteiger charge is -2.10. The molecule has 0 aliphatic rings. The highest BCUT2D eigenvalue weighted by Crippen LogP contribution is 2.21. The van der Waals surface area contributed by atoms with Crippen molar-refractivity contribution in [2.75, 3.05) is 5.73 Å². The molecule has 0 amide bonds. The first-order valence-corrected chi connectivity index (χ1v) is 6.48. The summed E-state index contributed by atoms with van der Waals surface area (Å²) < 4.78 is 5.82. The summed E-state index contributed by atoms with van der Waals surface area (Å²) in [6.45, 7) is 8.07. The van der Waals surface area contributed by atoms with E-state index in [1.165, 1.54) is 5.57 Å². The van der Waals surface area contributed by atoms with Gasteiger partial charge in [-0.05, 0) is 57.0 Å². The Morgan fingerprint density at radius 3 is 2.42 bits per heavy atom. The minimum Gasteiger partial charge on any atom is -0.439 e. The fraction of sp³-hybridized carbons (Fsp3) is 0.312. The van der Waals surface area contributed by atoms with E-state index in [4.69, 9.17) is 10.5 Å². The summed E-state index contributed by atoms with van der Waals surface area (Å²) >= 11 is 0. The number of benzene rings is 1. The molecule has 0 heterocycles. The average Bonchev–Trinajstić information content (AvgIpc) is 2.40. The quantitative estimate of drug-likeness (QED) is 0.370. The van der Waals surface area contributed by atoms with Crippen molar-refractivity contribution in [3.05, 3.63) is 47.4 Å². The SMILES string of the molecule is C\C=N/C(Oc1ccc(N)cc1)=C(C)/C(C)=C/CC. The smallest absolute Gasteiger partial charge is 0.222 e. The van der Waals surface area contributed by atoms with Gasteiger partial charge in [0.15, 0.2) is 0 Å². The van der Waals surface area contributed by atoms with E-state index in [9.17, 15) is 0 Å². The second-order valence-electron chi connectivity index (χ2n) is 4.28. The predicted molar refractivity (Wildman–Crippen MR) is 82.4 cm³/mol. The van der Waals surface area contributed by atoms with Crippen LogP contribution >= 0.6 is 0 Å². The first kappa shape index (κ1) is 15.0. The fourth-order valence-electron chi connectivity index (χ4n) is 1.59. The summed E-state index contributed by atoms with van der Waals surface area (Å²) in [5.74, 6) is 1.35. The molecule has 0 radical (unpaired) electrons. The lowest BCUT2D eigenvalue weighted by molar-refractivity contribution is 0.416. The van der Waals surface area contributed by atoms with Gasteiger partial charge < -0.3 is 10.5 Å². The van der Waals surface area contributed by atoms with Gasteiger partial charge in [-0.2, -0.15) is 0 Å². The molecule has 102 valence electrons. The summed E-state index contributed by atoms with van der Waals surface area (Å²) in [4.78, 5) is 4.31. The lowest BCUT2D eigenvalue weighted by Crippen LogP contribution is -1.98. The van der Waals surface area contributed by atoms with E-state index in [0.717, 1.165) is 23.4 Å². The highest BCUT2D eigenvalue weighted by Gasteiger charge is 2.05. The number of allylic oxidation sites excluding steroid dienone is 3. The normalized spacial score (nSPS) is 13.6. The number of aliphatic imine (C=N–C) groups is 1. The standard InChI is InChI=1S/C16H22N2O/c1-5-7-12(3)13(4)16(18-6-2)19-15-10-8-14(17)9-11-15/h6-11H,5,17H2,1-4H3/b12-7+,16-13-,18-6-. The molecule has 1 aromatic rings. The van der Waals surface area contributed by atoms with Crippen molar-refractivity contribution in [2.24, 2.45) is 4.99 Å². The first-order valence-electron chi connectivity index (χ1n) is 6.48. The number of rotatable bonds is 5. The molecule has 0 bridgehead atoms. The van der Waals surface area contributed by atoms with Crippen molar-refractivity contribution in [1.82, 2.24) is 0 Å². The van der Waals surface area contributed by atoms with E-state index in [1.54, 1.807) is 6.21 Å². The largest absolute Gasteiger partial charge is 0.439 e. The van der Waals surface area contributed by atoms with Crippen molar-refractivity contribution in [2.45, 2.75) is 34.1 Å². The molecule has 1 rings (SSSR count). The first-order chi connectivity index (χ1) is 9.08. The molecular formula is C16H22N2O. The Morgan fingerprint density at radius 1 is 1.26 bits per heavy atom. The number of hydrogen-bond acceptors (Lipinski definition) is 3. The van der Waals surface area contributed by atoms with Gasteiger partial charge in [-0.1, -0.05) is 13.0 Å². The number of hydrogen-bond donors (Lipinski definition) is 1. The monoisotopic (exact) mass is 258 g/mol. The molecule has 3 nitrogen and oxygen atoms in total. The molecule has 19 heavy (non-hydrogen) atoms. The van der Waals surface area contributed by atoms with Gasteiger partial charge in [-0.15, -0.1) is 0 Å². The van der Waals surface area contributed by atoms with Gasteiger partial charge in [0.25, 0.3) is 0 Å². The van der Waals surface area contributed by atoms with Crippen LogP contribution in [-0.4, -0.2) is 6.21 Å². The van der Waals surface area contributed by atoms with Crippen LogP contribution in [0.25, 0.3) is 0 Å². The summed E-state index contributed by atoms with van der Waals surface area (Å²) in [6, 6.07) is 7.30. The van der Waals surface area contributed by atoms with E-state index in [0.29, 0.717) is 5.88 Å². The van der Waals surface area contributed by atoms with E-state index in [1.807, 2.05) is 38.1 Å². The Balaban J connectivity index is 3.04. The molecule has 0 spiro atoms. The van der Waals surface area contributed by atoms with Crippen LogP contribution in [0.1, 0.15) is 34.1 Å². The fourth-order valence-corrected chi connectivity index (χ4v) is 1.59. The molecule has 0 aliphatic carbocycles. The van der Waals surface area contributed by atoms with Crippen LogP contribution in [0.3, 0.4) is 0 Å². The van der Waals surface area contributed by atoms with Crippen LogP contribution in [0.5, 0.6) is 5.75 Å². The zero-order valence-corrected chi connectivity index (χ0v) is 12.1. The maximum Gasteiger partial charge on any atom is 0.222 e. The summed E-state index contributed by atoms with van der Waals surface area (Å²) in [5.41, 5.74) is 8.59. The Bertz CT molecular complexity index is 496. The molecule has 0 aromatic heterocycles. The van der Waals surface area contributed by atoms with E-state index in [-0.39, 0.29) is 0 Å². The average molecular weight is 258 g/mol. The molecule has 2 N–H and O–H groups in total. The molecule has 0 saturated heterocycles. The van der Waals surface area contributed by atoms with E-state index < -0.39 is 0 Å². The third-order valence-corrected chi connectivity index (χ3v) is 2.76. The van der Waals surface area contributed by atoms with Crippen LogP contribution in [0.4, 0.5) is 5.69 Å². The topological polar surface area (TPSA) is 47.6 Å². The predicted octanol–water partition coefficient (Wildman–Crippen LogP) is 4.33. The van der Waals surface area contributed by atoms with Gasteiger partial charge in [0, 0.05) is 17.5 Å². The van der Waals surface area contributed by atoms with Crippen molar-refractivity contribution < 1.29 is 4.74 Å². The van der Waals surface area contributed by atoms with Gasteiger partial charge in [0.1, 0.15) is 5.75 Å². The van der Waals surface area contributed by atoms with Gasteiger partial charge in [0.05, 0.1) is 0 Å². The Hall–Kier alpha value is -2.03. The Labute approximate surface area is 115 Å². The second kappa shape index (κ2) is 7.41. The van der Waals surface area contributed by atoms with Crippen LogP contribution in [0.2, 0.25) is 0 Å². The van der Waals surface area contributed by atoms with Crippen molar-refractivity contribution in [1.29, 1.82) is 0 Å². The minimum absolute atomic E-state index is 0.620. The molecule has 0 fully saturated rings. The lowest BCUT2D eigenvalue weighted by atomic mass is 10.1. The molecule has 0 atom stereocenters. The molecule has 0 saturated carbocycles. The number of nitrogen functional groups attached to an aromatic ring is 1. The van der Waals surface area contributed by atoms with Crippen LogP contribution in [-0.2, 0) is 0 Å². The van der Waals surface area contributed by atoms with Crippen molar-refractivity contribution in [3.8, 4) is 5.75 Å². The van der Waals surface area contributed by atoms with E-state index in [2.05, 4.69) is 24.9 Å². The zero-order valence-electron chi connectivity index (χ0n) is 12.1. The summed E-state index contributed by atoms with van der Waals surface area (Å²) in [6.07, 6.45) is 4.89. The van der Waals surface area contributed by atoms with Crippen LogP contribution < -0.4 is 10.5 Å². The van der Waals surface area contributed by atoms with Crippen LogP contribution in [0, 0.1) is 0 Å². The van der Waals surface area contributed by atoms with Gasteiger partial charge in [0.2, 0.25) is 5.88 Å². The number of anilines is 1. The second-order valence-corrected chi connectivity index (χ2v) is 4.28. The number of nitrogens with zero attached hydrogens (tertiary/aromatic N) is 1. The van der Waals surface area contributed by atoms with E-state index >= 15 is 0 Å². The number of ether oxygens (including phenoxy) is 1. The maximum atomic E-state index is 5.82. The van der Waals surface area contributed by atoms with Gasteiger partial charge in [-0.3, -0.25) is 0 Å². The molecule has 1 aromatic carbocycles. The molecule has 3 heteroatoms. The van der Waals surface area contributed by atoms with Gasteiger partial charge in [-0.25, -0.2) is 4.99 Å². The highest BCUT2D eigenvalue weighted by atomic mass is 16.5. The Kier molecular flexibility index (Phi) is 5.86. The molecule has 0 aliphatic heterocycles. The molecule has 0 unspecified atom stereocenters. The summed E-state index contributed by atoms with van der Waals surface area (Å²) in [7, 11) is 0. The van der Waals surface area contributed by atoms with Crippen molar-refractivity contribution in [3.63, 3.8) is 0 Å². The Morgan fingerprint density at radius 2 is 1.89 bits per heavy atom. The number of nitrogens with two attached hydrogens (primary N) is 1. The third-order valence-electron chi connectivity index (χ3n) is 2.76. The zero-order chi connectivity index (χ0) is 14.3. The van der Waals surface area contributed by atoms with Gasteiger partial charge >= 0.3 is 0 Å². The maximum absolute atomic E-state index is 5.82. The highest BCUT2D eigenvalue weighted by molar-refractivity contribution is 5.56. The summed E-state index contributed by atoms with van der Waals surface area (Å²) in [5, 5.41) is 0. The molecular weight excluding hydrogens is 236 g/mol.